The topological polar surface area (TPSA) is 64.6 Å². The molecule has 0 bridgehead atoms. The SMILES string of the molecule is C[C@H](OC(=O)C1=Cc2ccccc2OC1)C(=O)Nc1ccc(Br)cc1. The zero-order chi connectivity index (χ0) is 17.8. The molecule has 1 amide bonds. The van der Waals surface area contributed by atoms with Crippen molar-refractivity contribution in [3.05, 3.63) is 64.1 Å². The molecular weight excluding hydrogens is 386 g/mol. The molecule has 2 aromatic rings. The first-order valence-electron chi connectivity index (χ1n) is 7.73. The molecule has 0 radical (unpaired) electrons. The molecule has 0 fully saturated rings. The molecule has 5 nitrogen and oxygen atoms in total. The summed E-state index contributed by atoms with van der Waals surface area (Å²) in [5.74, 6) is -0.235. The van der Waals surface area contributed by atoms with Gasteiger partial charge in [0, 0.05) is 15.7 Å². The number of esters is 1. The number of amides is 1. The van der Waals surface area contributed by atoms with Gasteiger partial charge in [-0.15, -0.1) is 0 Å². The Bertz CT molecular complexity index is 830. The monoisotopic (exact) mass is 401 g/mol. The number of hydrogen-bond donors (Lipinski definition) is 1. The first kappa shape index (κ1) is 17.2. The lowest BCUT2D eigenvalue weighted by Gasteiger charge is -2.19. The molecule has 1 N–H and O–H groups in total. The van der Waals surface area contributed by atoms with Crippen molar-refractivity contribution in [3.63, 3.8) is 0 Å². The molecule has 1 atom stereocenters. The smallest absolute Gasteiger partial charge is 0.338 e. The van der Waals surface area contributed by atoms with Crippen LogP contribution in [0.4, 0.5) is 5.69 Å². The van der Waals surface area contributed by atoms with Crippen molar-refractivity contribution in [2.45, 2.75) is 13.0 Å². The van der Waals surface area contributed by atoms with Crippen LogP contribution < -0.4 is 10.1 Å². The van der Waals surface area contributed by atoms with E-state index in [0.29, 0.717) is 11.3 Å². The minimum absolute atomic E-state index is 0.122. The number of halogens is 1. The van der Waals surface area contributed by atoms with E-state index in [1.807, 2.05) is 36.4 Å². The van der Waals surface area contributed by atoms with Crippen molar-refractivity contribution in [3.8, 4) is 5.75 Å². The second-order valence-electron chi connectivity index (χ2n) is 5.54. The lowest BCUT2D eigenvalue weighted by atomic mass is 10.1. The molecule has 2 aromatic carbocycles. The molecule has 1 heterocycles. The molecule has 0 spiro atoms. The Morgan fingerprint density at radius 3 is 2.64 bits per heavy atom. The zero-order valence-corrected chi connectivity index (χ0v) is 15.1. The van der Waals surface area contributed by atoms with E-state index in [4.69, 9.17) is 9.47 Å². The van der Waals surface area contributed by atoms with Crippen LogP contribution in [0.15, 0.2) is 58.6 Å². The Hall–Kier alpha value is -2.60. The van der Waals surface area contributed by atoms with Crippen molar-refractivity contribution in [2.75, 3.05) is 11.9 Å². The molecule has 0 saturated carbocycles. The van der Waals surface area contributed by atoms with E-state index in [2.05, 4.69) is 21.2 Å². The molecule has 6 heteroatoms. The van der Waals surface area contributed by atoms with Crippen molar-refractivity contribution < 1.29 is 19.1 Å². The number of carbonyl (C=O) groups is 2. The Morgan fingerprint density at radius 2 is 1.88 bits per heavy atom. The fourth-order valence-electron chi connectivity index (χ4n) is 2.30. The molecule has 0 unspecified atom stereocenters. The highest BCUT2D eigenvalue weighted by Gasteiger charge is 2.23. The highest BCUT2D eigenvalue weighted by Crippen LogP contribution is 2.26. The van der Waals surface area contributed by atoms with Crippen LogP contribution >= 0.6 is 15.9 Å². The van der Waals surface area contributed by atoms with Gasteiger partial charge in [-0.2, -0.15) is 0 Å². The van der Waals surface area contributed by atoms with E-state index >= 15 is 0 Å². The fourth-order valence-corrected chi connectivity index (χ4v) is 2.57. The van der Waals surface area contributed by atoms with Gasteiger partial charge >= 0.3 is 5.97 Å². The highest BCUT2D eigenvalue weighted by atomic mass is 79.9. The van der Waals surface area contributed by atoms with Gasteiger partial charge in [0.15, 0.2) is 6.10 Å². The van der Waals surface area contributed by atoms with E-state index in [-0.39, 0.29) is 6.61 Å². The third kappa shape index (κ3) is 4.28. The van der Waals surface area contributed by atoms with Crippen molar-refractivity contribution in [1.29, 1.82) is 0 Å². The Labute approximate surface area is 153 Å². The molecule has 1 aliphatic heterocycles. The molecular formula is C19H16BrNO4. The number of benzene rings is 2. The summed E-state index contributed by atoms with van der Waals surface area (Å²) in [6.07, 6.45) is 0.801. The highest BCUT2D eigenvalue weighted by molar-refractivity contribution is 9.10. The van der Waals surface area contributed by atoms with E-state index in [0.717, 1.165) is 15.8 Å². The third-order valence-corrected chi connectivity index (χ3v) is 4.19. The lowest BCUT2D eigenvalue weighted by molar-refractivity contribution is -0.149. The average molecular weight is 402 g/mol. The summed E-state index contributed by atoms with van der Waals surface area (Å²) < 4.78 is 11.7. The maximum atomic E-state index is 12.3. The van der Waals surface area contributed by atoms with Gasteiger partial charge in [-0.3, -0.25) is 4.79 Å². The minimum atomic E-state index is -0.922. The van der Waals surface area contributed by atoms with Crippen LogP contribution in [-0.4, -0.2) is 24.6 Å². The Morgan fingerprint density at radius 1 is 1.16 bits per heavy atom. The van der Waals surface area contributed by atoms with E-state index in [1.165, 1.54) is 6.92 Å². The number of nitrogens with one attached hydrogen (secondary N) is 1. The summed E-state index contributed by atoms with van der Waals surface area (Å²) >= 11 is 3.33. The van der Waals surface area contributed by atoms with Gasteiger partial charge in [0.2, 0.25) is 0 Å². The van der Waals surface area contributed by atoms with Crippen LogP contribution in [0.25, 0.3) is 6.08 Å². The van der Waals surface area contributed by atoms with Crippen LogP contribution in [0.5, 0.6) is 5.75 Å². The zero-order valence-electron chi connectivity index (χ0n) is 13.5. The largest absolute Gasteiger partial charge is 0.488 e. The summed E-state index contributed by atoms with van der Waals surface area (Å²) in [5, 5.41) is 2.71. The van der Waals surface area contributed by atoms with Crippen LogP contribution in [-0.2, 0) is 14.3 Å². The predicted octanol–water partition coefficient (Wildman–Crippen LogP) is 3.80. The van der Waals surface area contributed by atoms with Gasteiger partial charge in [0.1, 0.15) is 12.4 Å². The number of ether oxygens (including phenoxy) is 2. The molecule has 0 saturated heterocycles. The first-order chi connectivity index (χ1) is 12.0. The number of rotatable bonds is 4. The molecule has 128 valence electrons. The Balaban J connectivity index is 1.61. The van der Waals surface area contributed by atoms with E-state index in [9.17, 15) is 9.59 Å². The van der Waals surface area contributed by atoms with Crippen molar-refractivity contribution in [2.24, 2.45) is 0 Å². The Kier molecular flexibility index (Phi) is 5.19. The number of anilines is 1. The third-order valence-electron chi connectivity index (χ3n) is 3.66. The number of para-hydroxylation sites is 1. The van der Waals surface area contributed by atoms with Gasteiger partial charge < -0.3 is 14.8 Å². The maximum Gasteiger partial charge on any atom is 0.338 e. The van der Waals surface area contributed by atoms with Gasteiger partial charge in [-0.05, 0) is 43.3 Å². The van der Waals surface area contributed by atoms with Crippen LogP contribution in [0.3, 0.4) is 0 Å². The standard InChI is InChI=1S/C19H16BrNO4/c1-12(18(22)21-16-8-6-15(20)7-9-16)25-19(23)14-10-13-4-2-3-5-17(13)24-11-14/h2-10,12H,11H2,1H3,(H,21,22)/t12-/m0/s1. The summed E-state index contributed by atoms with van der Waals surface area (Å²) in [7, 11) is 0. The second kappa shape index (κ2) is 7.53. The van der Waals surface area contributed by atoms with Gasteiger partial charge in [-0.25, -0.2) is 4.79 Å². The predicted molar refractivity (Wildman–Crippen MR) is 98.2 cm³/mol. The second-order valence-corrected chi connectivity index (χ2v) is 6.46. The van der Waals surface area contributed by atoms with Gasteiger partial charge in [0.25, 0.3) is 5.91 Å². The molecule has 0 aliphatic carbocycles. The van der Waals surface area contributed by atoms with Crippen molar-refractivity contribution >= 4 is 39.6 Å². The normalized spacial score (nSPS) is 13.8. The van der Waals surface area contributed by atoms with Crippen LogP contribution in [0, 0.1) is 0 Å². The quantitative estimate of drug-likeness (QED) is 0.791. The molecule has 1 aliphatic rings. The van der Waals surface area contributed by atoms with E-state index < -0.39 is 18.0 Å². The lowest BCUT2D eigenvalue weighted by Crippen LogP contribution is -2.31. The van der Waals surface area contributed by atoms with Crippen LogP contribution in [0.2, 0.25) is 0 Å². The summed E-state index contributed by atoms with van der Waals surface area (Å²) in [5.41, 5.74) is 1.82. The summed E-state index contributed by atoms with van der Waals surface area (Å²) in [4.78, 5) is 24.4. The van der Waals surface area contributed by atoms with E-state index in [1.54, 1.807) is 18.2 Å². The summed E-state index contributed by atoms with van der Waals surface area (Å²) in [6.45, 7) is 1.65. The van der Waals surface area contributed by atoms with Crippen LogP contribution in [0.1, 0.15) is 12.5 Å². The summed E-state index contributed by atoms with van der Waals surface area (Å²) in [6, 6.07) is 14.6. The van der Waals surface area contributed by atoms with Gasteiger partial charge in [0.05, 0.1) is 5.57 Å². The van der Waals surface area contributed by atoms with Crippen molar-refractivity contribution in [1.82, 2.24) is 0 Å². The molecule has 3 rings (SSSR count). The fraction of sp³-hybridized carbons (Fsp3) is 0.158. The maximum absolute atomic E-state index is 12.3. The van der Waals surface area contributed by atoms with Gasteiger partial charge in [-0.1, -0.05) is 34.1 Å². The molecule has 0 aromatic heterocycles. The average Bonchev–Trinajstić information content (AvgIpc) is 2.63. The number of hydrogen-bond acceptors (Lipinski definition) is 4. The number of fused-ring (bicyclic) bond motifs is 1. The minimum Gasteiger partial charge on any atom is -0.488 e. The first-order valence-corrected chi connectivity index (χ1v) is 8.52. The number of carbonyl (C=O) groups excluding carboxylic acids is 2. The molecule has 25 heavy (non-hydrogen) atoms.